The van der Waals surface area contributed by atoms with E-state index in [9.17, 15) is 0 Å². The van der Waals surface area contributed by atoms with Crippen LogP contribution in [0.1, 0.15) is 54.4 Å². The fourth-order valence-corrected chi connectivity index (χ4v) is 9.98. The van der Waals surface area contributed by atoms with Gasteiger partial charge in [0.2, 0.25) is 0 Å². The Labute approximate surface area is 154 Å². The fraction of sp³-hybridized carbons (Fsp3) is 0.556. The van der Waals surface area contributed by atoms with Gasteiger partial charge in [-0.3, -0.25) is 0 Å². The van der Waals surface area contributed by atoms with Crippen molar-refractivity contribution < 1.29 is 22.9 Å². The van der Waals surface area contributed by atoms with Crippen molar-refractivity contribution >= 4 is 24.8 Å². The van der Waals surface area contributed by atoms with Gasteiger partial charge in [-0.25, -0.2) is 0 Å². The Balaban J connectivity index is 0.00000200. The smallest absolute Gasteiger partial charge is 0.147 e. The summed E-state index contributed by atoms with van der Waals surface area (Å²) in [5.74, 6) is 0. The van der Waals surface area contributed by atoms with Gasteiger partial charge in [0, 0.05) is 0 Å². The molecule has 0 amide bonds. The molecule has 0 aromatic heterocycles. The molecule has 21 heavy (non-hydrogen) atoms. The maximum absolute atomic E-state index is 2.39. The zero-order valence-corrected chi connectivity index (χ0v) is 19.3. The third-order valence-electron chi connectivity index (χ3n) is 3.78. The van der Waals surface area contributed by atoms with Crippen LogP contribution in [0.4, 0.5) is 0 Å². The van der Waals surface area contributed by atoms with Crippen LogP contribution in [0, 0.1) is 10.8 Å². The summed E-state index contributed by atoms with van der Waals surface area (Å²) >= 11 is -0.825. The van der Waals surface area contributed by atoms with Gasteiger partial charge in [0.05, 0.1) is 0 Å². The third kappa shape index (κ3) is 5.22. The predicted octanol–water partition coefficient (Wildman–Crippen LogP) is 6.43. The fourth-order valence-electron chi connectivity index (χ4n) is 2.83. The standard InChI is InChI=1S/2C9H13.2ClH.Hf/c2*1-9(2,3)8-6-4-5-7-8;;;/h2*4,6H,5H2,1-3H3;2*1H;. The van der Waals surface area contributed by atoms with Crippen LogP contribution in [0.25, 0.3) is 0 Å². The van der Waals surface area contributed by atoms with Crippen LogP contribution in [-0.2, 0) is 22.9 Å². The molecule has 0 unspecified atom stereocenters. The quantitative estimate of drug-likeness (QED) is 0.389. The summed E-state index contributed by atoms with van der Waals surface area (Å²) in [6.07, 6.45) is 12.0. The predicted molar refractivity (Wildman–Crippen MR) is 95.0 cm³/mol. The molecule has 0 N–H and O–H groups in total. The first kappa shape index (κ1) is 21.4. The van der Waals surface area contributed by atoms with E-state index in [0.29, 0.717) is 10.8 Å². The van der Waals surface area contributed by atoms with E-state index in [4.69, 9.17) is 0 Å². The monoisotopic (exact) mass is 494 g/mol. The molecule has 2 aliphatic rings. The number of hydrogen-bond acceptors (Lipinski definition) is 0. The van der Waals surface area contributed by atoms with E-state index in [-0.39, 0.29) is 24.8 Å². The van der Waals surface area contributed by atoms with Crippen LogP contribution in [0.3, 0.4) is 0 Å². The molecule has 0 spiro atoms. The van der Waals surface area contributed by atoms with Crippen molar-refractivity contribution in [1.82, 2.24) is 0 Å². The molecule has 0 aliphatic heterocycles. The summed E-state index contributed by atoms with van der Waals surface area (Å²) in [5, 5.41) is 0. The second kappa shape index (κ2) is 7.79. The number of halogens is 2. The third-order valence-corrected chi connectivity index (χ3v) is 9.35. The van der Waals surface area contributed by atoms with Crippen molar-refractivity contribution in [2.45, 2.75) is 54.4 Å². The number of rotatable bonds is 2. The summed E-state index contributed by atoms with van der Waals surface area (Å²) in [4.78, 5) is 0. The zero-order chi connectivity index (χ0) is 14.3. The van der Waals surface area contributed by atoms with Crippen molar-refractivity contribution in [3.05, 3.63) is 42.1 Å². The van der Waals surface area contributed by atoms with Gasteiger partial charge < -0.3 is 0 Å². The Kier molecular flexibility index (Phi) is 7.95. The van der Waals surface area contributed by atoms with Gasteiger partial charge in [0.25, 0.3) is 0 Å². The van der Waals surface area contributed by atoms with Crippen molar-refractivity contribution in [1.29, 1.82) is 0 Å². The van der Waals surface area contributed by atoms with Crippen LogP contribution >= 0.6 is 24.8 Å². The SMILES string of the molecule is CC(C)(C)C1=[C]([Hf][C]2=C(C(C)(C)C)C=CC2)CC=C1.Cl.Cl. The molecular weight excluding hydrogens is 466 g/mol. The maximum Gasteiger partial charge on any atom is -0.147 e. The zero-order valence-electron chi connectivity index (χ0n) is 14.0. The van der Waals surface area contributed by atoms with Gasteiger partial charge in [0.1, 0.15) is 0 Å². The second-order valence-corrected chi connectivity index (χ2v) is 12.9. The Bertz CT molecular complexity index is 448. The molecular formula is C18H28Cl2Hf. The molecule has 118 valence electrons. The molecule has 0 bridgehead atoms. The Morgan fingerprint density at radius 3 is 1.33 bits per heavy atom. The van der Waals surface area contributed by atoms with Crippen LogP contribution in [-0.4, -0.2) is 0 Å². The average Bonchev–Trinajstić information content (AvgIpc) is 2.83. The van der Waals surface area contributed by atoms with Gasteiger partial charge in [-0.15, -0.1) is 24.8 Å². The van der Waals surface area contributed by atoms with Crippen molar-refractivity contribution in [2.75, 3.05) is 0 Å². The summed E-state index contributed by atoms with van der Waals surface area (Å²) in [6.45, 7) is 14.1. The number of hydrogen-bond donors (Lipinski definition) is 0. The molecule has 0 nitrogen and oxygen atoms in total. The first-order valence-corrected chi connectivity index (χ1v) is 10.9. The minimum Gasteiger partial charge on any atom is -0.147 e. The summed E-state index contributed by atoms with van der Waals surface area (Å²) < 4.78 is 3.65. The topological polar surface area (TPSA) is 0 Å². The van der Waals surface area contributed by atoms with E-state index >= 15 is 0 Å². The van der Waals surface area contributed by atoms with Crippen molar-refractivity contribution in [3.63, 3.8) is 0 Å². The molecule has 2 aliphatic carbocycles. The molecule has 3 heteroatoms. The average molecular weight is 494 g/mol. The Morgan fingerprint density at radius 2 is 1.05 bits per heavy atom. The van der Waals surface area contributed by atoms with E-state index in [1.54, 1.807) is 11.1 Å². The minimum atomic E-state index is -0.825. The summed E-state index contributed by atoms with van der Waals surface area (Å²) in [5.41, 5.74) is 3.93. The van der Waals surface area contributed by atoms with E-state index in [0.717, 1.165) is 0 Å². The summed E-state index contributed by atoms with van der Waals surface area (Å²) in [7, 11) is 0. The van der Waals surface area contributed by atoms with Crippen molar-refractivity contribution in [3.8, 4) is 0 Å². The Hall–Kier alpha value is 0.410. The largest absolute Gasteiger partial charge is 0.147 e. The summed E-state index contributed by atoms with van der Waals surface area (Å²) in [6, 6.07) is 0. The van der Waals surface area contributed by atoms with Gasteiger partial charge >= 0.3 is 130 Å². The molecule has 0 saturated carbocycles. The Morgan fingerprint density at radius 1 is 0.714 bits per heavy atom. The van der Waals surface area contributed by atoms with E-state index in [2.05, 4.69) is 65.8 Å². The van der Waals surface area contributed by atoms with Crippen LogP contribution in [0.2, 0.25) is 0 Å². The first-order valence-electron chi connectivity index (χ1n) is 7.27. The van der Waals surface area contributed by atoms with E-state index < -0.39 is 22.9 Å². The van der Waals surface area contributed by atoms with Crippen molar-refractivity contribution in [2.24, 2.45) is 10.8 Å². The normalized spacial score (nSPS) is 18.0. The van der Waals surface area contributed by atoms with Crippen LogP contribution < -0.4 is 0 Å². The molecule has 0 saturated heterocycles. The van der Waals surface area contributed by atoms with E-state index in [1.807, 2.05) is 6.66 Å². The molecule has 0 fully saturated rings. The maximum atomic E-state index is 2.39. The van der Waals surface area contributed by atoms with Gasteiger partial charge in [0.15, 0.2) is 0 Å². The molecule has 0 heterocycles. The van der Waals surface area contributed by atoms with Gasteiger partial charge in [-0.2, -0.15) is 0 Å². The van der Waals surface area contributed by atoms with Gasteiger partial charge in [-0.1, -0.05) is 0 Å². The number of allylic oxidation sites excluding steroid dienone is 8. The molecule has 0 aromatic rings. The van der Waals surface area contributed by atoms with E-state index in [1.165, 1.54) is 12.8 Å². The van der Waals surface area contributed by atoms with Crippen LogP contribution in [0.15, 0.2) is 42.1 Å². The molecule has 0 radical (unpaired) electrons. The van der Waals surface area contributed by atoms with Crippen LogP contribution in [0.5, 0.6) is 0 Å². The molecule has 0 aromatic carbocycles. The van der Waals surface area contributed by atoms with Gasteiger partial charge in [-0.05, 0) is 0 Å². The second-order valence-electron chi connectivity index (χ2n) is 7.62. The molecule has 2 rings (SSSR count). The molecule has 0 atom stereocenters. The first-order chi connectivity index (χ1) is 8.69. The minimum absolute atomic E-state index is 0.